The number of benzene rings is 4. The average Bonchev–Trinajstić information content (AvgIpc) is 3.34. The molecule has 0 spiro atoms. The molecule has 0 aliphatic rings. The van der Waals surface area contributed by atoms with Crippen LogP contribution in [0.2, 0.25) is 0 Å². The number of imidazole rings is 1. The summed E-state index contributed by atoms with van der Waals surface area (Å²) in [7, 11) is 1.97. The van der Waals surface area contributed by atoms with Gasteiger partial charge in [0, 0.05) is 24.7 Å². The monoisotopic (exact) mass is 543 g/mol. The average molecular weight is 544 g/mol. The van der Waals surface area contributed by atoms with E-state index in [-0.39, 0.29) is 30.9 Å². The fourth-order valence-electron chi connectivity index (χ4n) is 4.57. The number of aryl methyl sites for hydroxylation is 1. The van der Waals surface area contributed by atoms with Crippen molar-refractivity contribution in [2.24, 2.45) is 12.8 Å². The molecule has 6 nitrogen and oxygen atoms in total. The van der Waals surface area contributed by atoms with Gasteiger partial charge in [-0.1, -0.05) is 60.7 Å². The molecule has 192 valence electrons. The molecule has 0 saturated carbocycles. The summed E-state index contributed by atoms with van der Waals surface area (Å²) in [6.45, 7) is 0.568. The van der Waals surface area contributed by atoms with E-state index in [1.54, 1.807) is 18.5 Å². The summed E-state index contributed by atoms with van der Waals surface area (Å²) in [6.07, 6.45) is 3.63. The first kappa shape index (κ1) is 28.4. The Morgan fingerprint density at radius 3 is 2.42 bits per heavy atom. The lowest BCUT2D eigenvalue weighted by atomic mass is 9.91. The van der Waals surface area contributed by atoms with Crippen LogP contribution in [-0.4, -0.2) is 15.5 Å². The number of hydrogen-bond donors (Lipinski definition) is 2. The van der Waals surface area contributed by atoms with Crippen LogP contribution in [0, 0.1) is 11.3 Å². The largest absolute Gasteiger partial charge is 0.366 e. The van der Waals surface area contributed by atoms with Crippen LogP contribution < -0.4 is 11.1 Å². The molecule has 0 fully saturated rings. The van der Waals surface area contributed by atoms with E-state index in [1.807, 2.05) is 60.3 Å². The number of aromatic nitrogens is 2. The third-order valence-corrected chi connectivity index (χ3v) is 6.48. The molecule has 1 unspecified atom stereocenters. The number of hydrogen-bond acceptors (Lipinski definition) is 4. The molecule has 5 rings (SSSR count). The summed E-state index contributed by atoms with van der Waals surface area (Å²) < 4.78 is 1.99. The molecule has 1 aromatic heterocycles. The van der Waals surface area contributed by atoms with E-state index in [2.05, 4.69) is 46.7 Å². The van der Waals surface area contributed by atoms with Crippen molar-refractivity contribution in [2.45, 2.75) is 12.6 Å². The summed E-state index contributed by atoms with van der Waals surface area (Å²) in [5.74, 6) is -0.444. The molecule has 0 bridgehead atoms. The predicted molar refractivity (Wildman–Crippen MR) is 155 cm³/mol. The number of amides is 1. The van der Waals surface area contributed by atoms with Crippen molar-refractivity contribution in [3.8, 4) is 17.2 Å². The van der Waals surface area contributed by atoms with Crippen LogP contribution in [0.5, 0.6) is 0 Å². The van der Waals surface area contributed by atoms with Crippen LogP contribution >= 0.6 is 24.8 Å². The Labute approximate surface area is 233 Å². The highest BCUT2D eigenvalue weighted by Crippen LogP contribution is 2.34. The Hall–Kier alpha value is -4.15. The van der Waals surface area contributed by atoms with Gasteiger partial charge in [-0.25, -0.2) is 4.98 Å². The zero-order valence-corrected chi connectivity index (χ0v) is 22.3. The van der Waals surface area contributed by atoms with E-state index >= 15 is 0 Å². The summed E-state index contributed by atoms with van der Waals surface area (Å²) in [4.78, 5) is 15.7. The molecule has 0 radical (unpaired) electrons. The minimum Gasteiger partial charge on any atom is -0.366 e. The third-order valence-electron chi connectivity index (χ3n) is 6.48. The molecule has 3 N–H and O–H groups in total. The third kappa shape index (κ3) is 5.71. The number of nitrogens with zero attached hydrogens (tertiary/aromatic N) is 3. The summed E-state index contributed by atoms with van der Waals surface area (Å²) in [6, 6.07) is 29.8. The lowest BCUT2D eigenvalue weighted by Crippen LogP contribution is -2.24. The lowest BCUT2D eigenvalue weighted by Gasteiger charge is -2.21. The molecule has 4 aromatic carbocycles. The Kier molecular flexibility index (Phi) is 9.27. The van der Waals surface area contributed by atoms with Crippen molar-refractivity contribution in [3.05, 3.63) is 125 Å². The van der Waals surface area contributed by atoms with Crippen LogP contribution in [0.3, 0.4) is 0 Å². The minimum atomic E-state index is -0.444. The van der Waals surface area contributed by atoms with E-state index in [1.165, 1.54) is 0 Å². The van der Waals surface area contributed by atoms with E-state index in [0.717, 1.165) is 38.7 Å². The van der Waals surface area contributed by atoms with Crippen molar-refractivity contribution in [2.75, 3.05) is 0 Å². The smallest absolute Gasteiger partial charge is 0.248 e. The molecule has 1 amide bonds. The zero-order valence-electron chi connectivity index (χ0n) is 20.7. The first-order valence-corrected chi connectivity index (χ1v) is 11.7. The number of nitriles is 1. The molecule has 1 atom stereocenters. The van der Waals surface area contributed by atoms with Crippen LogP contribution in [0.15, 0.2) is 97.5 Å². The van der Waals surface area contributed by atoms with E-state index in [0.29, 0.717) is 17.7 Å². The molecule has 1 heterocycles. The van der Waals surface area contributed by atoms with Gasteiger partial charge in [0.25, 0.3) is 0 Å². The zero-order chi connectivity index (χ0) is 25.1. The topological polar surface area (TPSA) is 96.7 Å². The highest BCUT2D eigenvalue weighted by molar-refractivity contribution is 5.98. The maximum absolute atomic E-state index is 11.4. The van der Waals surface area contributed by atoms with Gasteiger partial charge in [0.2, 0.25) is 5.91 Å². The standard InChI is InChI=1S/C30H25N5O.2ClH/c1-35-19-33-18-28(35)29(34-17-20-9-11-22(12-10-20)30(32)36)23-13-14-24(16-31)27(15-23)26-8-4-6-21-5-2-3-7-25(21)26;;/h2-15,18-19,29,34H,17H2,1H3,(H2,32,36);2*1H. The number of nitrogens with one attached hydrogen (secondary N) is 1. The van der Waals surface area contributed by atoms with Gasteiger partial charge in [0.15, 0.2) is 0 Å². The van der Waals surface area contributed by atoms with Crippen LogP contribution in [0.4, 0.5) is 0 Å². The Balaban J connectivity index is 0.00000200. The van der Waals surface area contributed by atoms with E-state index in [4.69, 9.17) is 5.73 Å². The van der Waals surface area contributed by atoms with Gasteiger partial charge in [0.1, 0.15) is 0 Å². The van der Waals surface area contributed by atoms with Crippen molar-refractivity contribution >= 4 is 41.5 Å². The second-order valence-electron chi connectivity index (χ2n) is 8.75. The van der Waals surface area contributed by atoms with Gasteiger partial charge in [-0.05, 0) is 51.7 Å². The lowest BCUT2D eigenvalue weighted by molar-refractivity contribution is 0.100. The Morgan fingerprint density at radius 2 is 1.74 bits per heavy atom. The number of carbonyl (C=O) groups excluding carboxylic acids is 1. The Bertz CT molecular complexity index is 1600. The quantitative estimate of drug-likeness (QED) is 0.265. The molecular formula is C30H27Cl2N5O. The van der Waals surface area contributed by atoms with Gasteiger partial charge in [-0.3, -0.25) is 4.79 Å². The number of fused-ring (bicyclic) bond motifs is 1. The van der Waals surface area contributed by atoms with Gasteiger partial charge < -0.3 is 15.6 Å². The maximum atomic E-state index is 11.4. The van der Waals surface area contributed by atoms with Crippen molar-refractivity contribution in [3.63, 3.8) is 0 Å². The van der Waals surface area contributed by atoms with Crippen molar-refractivity contribution in [1.82, 2.24) is 14.9 Å². The number of halogens is 2. The fraction of sp³-hybridized carbons (Fsp3) is 0.100. The first-order chi connectivity index (χ1) is 17.5. The summed E-state index contributed by atoms with van der Waals surface area (Å²) in [5.41, 5.74) is 11.4. The molecule has 0 saturated heterocycles. The Morgan fingerprint density at radius 1 is 1.00 bits per heavy atom. The normalized spacial score (nSPS) is 11.2. The van der Waals surface area contributed by atoms with Gasteiger partial charge in [-0.2, -0.15) is 5.26 Å². The highest BCUT2D eigenvalue weighted by atomic mass is 35.5. The summed E-state index contributed by atoms with van der Waals surface area (Å²) >= 11 is 0. The van der Waals surface area contributed by atoms with Gasteiger partial charge >= 0.3 is 0 Å². The predicted octanol–water partition coefficient (Wildman–Crippen LogP) is 5.93. The minimum absolute atomic E-state index is 0. The van der Waals surface area contributed by atoms with Crippen LogP contribution in [0.1, 0.15) is 38.8 Å². The van der Waals surface area contributed by atoms with Crippen LogP contribution in [-0.2, 0) is 13.6 Å². The fourth-order valence-corrected chi connectivity index (χ4v) is 4.57. The molecule has 8 heteroatoms. The molecular weight excluding hydrogens is 517 g/mol. The molecule has 38 heavy (non-hydrogen) atoms. The molecule has 5 aromatic rings. The van der Waals surface area contributed by atoms with Gasteiger partial charge in [-0.15, -0.1) is 24.8 Å². The number of primary amides is 1. The first-order valence-electron chi connectivity index (χ1n) is 11.7. The summed E-state index contributed by atoms with van der Waals surface area (Å²) in [5, 5.41) is 15.8. The number of carbonyl (C=O) groups is 1. The second kappa shape index (κ2) is 12.4. The van der Waals surface area contributed by atoms with E-state index < -0.39 is 5.91 Å². The number of nitrogens with two attached hydrogens (primary N) is 1. The second-order valence-corrected chi connectivity index (χ2v) is 8.75. The van der Waals surface area contributed by atoms with Crippen molar-refractivity contribution < 1.29 is 4.79 Å². The van der Waals surface area contributed by atoms with Gasteiger partial charge in [0.05, 0.1) is 35.9 Å². The SMILES string of the molecule is Cl.Cl.Cn1cncc1C(NCc1ccc(C(N)=O)cc1)c1ccc(C#N)c(-c2cccc3ccccc23)c1. The number of rotatable bonds is 7. The molecule has 0 aliphatic heterocycles. The van der Waals surface area contributed by atoms with E-state index in [9.17, 15) is 10.1 Å². The highest BCUT2D eigenvalue weighted by Gasteiger charge is 2.20. The molecule has 0 aliphatic carbocycles. The van der Waals surface area contributed by atoms with Crippen LogP contribution in [0.25, 0.3) is 21.9 Å². The van der Waals surface area contributed by atoms with Crippen molar-refractivity contribution in [1.29, 1.82) is 5.26 Å². The maximum Gasteiger partial charge on any atom is 0.248 e.